The summed E-state index contributed by atoms with van der Waals surface area (Å²) < 4.78 is 0. The Morgan fingerprint density at radius 1 is 1.05 bits per heavy atom. The monoisotopic (exact) mass is 594 g/mol. The molecule has 0 saturated heterocycles. The van der Waals surface area contributed by atoms with Gasteiger partial charge in [0, 0.05) is 28.1 Å². The molecule has 0 heterocycles. The number of anilines is 1. The minimum absolute atomic E-state index is 0.00321. The number of carbonyl (C=O) groups excluding carboxylic acids is 1. The van der Waals surface area contributed by atoms with Gasteiger partial charge in [0.05, 0.1) is 0 Å². The number of fused-ring (bicyclic) bond motifs is 1. The number of amidine groups is 1. The molecule has 43 heavy (non-hydrogen) atoms. The molecule has 242 valence electrons. The number of carbonyl (C=O) groups is 1. The fourth-order valence-corrected chi connectivity index (χ4v) is 4.47. The number of rotatable bonds is 10. The lowest BCUT2D eigenvalue weighted by molar-refractivity contribution is 0.101. The Hall–Kier alpha value is -3.38. The first-order chi connectivity index (χ1) is 20.5. The van der Waals surface area contributed by atoms with E-state index in [1.165, 1.54) is 24.8 Å². The summed E-state index contributed by atoms with van der Waals surface area (Å²) in [5, 5.41) is 3.23. The van der Waals surface area contributed by atoms with Crippen LogP contribution in [0.25, 0.3) is 0 Å². The van der Waals surface area contributed by atoms with E-state index < -0.39 is 5.54 Å². The highest BCUT2D eigenvalue weighted by Crippen LogP contribution is 2.33. The molecule has 3 rings (SSSR count). The highest BCUT2D eigenvalue weighted by Gasteiger charge is 2.28. The minimum Gasteiger partial charge on any atom is -0.402 e. The third kappa shape index (κ3) is 16.7. The number of aryl methyl sites for hydroxylation is 3. The van der Waals surface area contributed by atoms with Crippen LogP contribution in [0, 0.1) is 6.92 Å². The van der Waals surface area contributed by atoms with Crippen LogP contribution in [0.1, 0.15) is 127 Å². The zero-order chi connectivity index (χ0) is 33.4. The third-order valence-electron chi connectivity index (χ3n) is 6.51. The quantitative estimate of drug-likeness (QED) is 0.0948. The molecule has 0 spiro atoms. The average Bonchev–Trinajstić information content (AvgIpc) is 3.46. The van der Waals surface area contributed by atoms with Gasteiger partial charge in [-0.1, -0.05) is 96.4 Å². The van der Waals surface area contributed by atoms with Crippen molar-refractivity contribution in [3.05, 3.63) is 88.6 Å². The Morgan fingerprint density at radius 3 is 2.19 bits per heavy atom. The van der Waals surface area contributed by atoms with Crippen molar-refractivity contribution >= 4 is 17.3 Å². The third-order valence-corrected chi connectivity index (χ3v) is 6.51. The summed E-state index contributed by atoms with van der Waals surface area (Å²) >= 11 is 0. The summed E-state index contributed by atoms with van der Waals surface area (Å²) in [6.07, 6.45) is 11.4. The molecule has 0 bridgehead atoms. The van der Waals surface area contributed by atoms with Crippen LogP contribution in [0.5, 0.6) is 0 Å². The van der Waals surface area contributed by atoms with Gasteiger partial charge < -0.3 is 22.5 Å². The van der Waals surface area contributed by atoms with Gasteiger partial charge in [-0.25, -0.2) is 4.99 Å². The highest BCUT2D eigenvalue weighted by molar-refractivity contribution is 5.97. The molecule has 6 nitrogen and oxygen atoms in total. The first-order valence-electron chi connectivity index (χ1n) is 16.1. The molecule has 1 atom stereocenters. The summed E-state index contributed by atoms with van der Waals surface area (Å²) in [5.41, 5.74) is 24.8. The number of nitrogens with zero attached hydrogens (tertiary/aromatic N) is 1. The lowest BCUT2D eigenvalue weighted by Gasteiger charge is -2.30. The molecule has 0 fully saturated rings. The molecule has 1 unspecified atom stereocenters. The maximum absolute atomic E-state index is 12.1. The number of hydrogen-bond donors (Lipinski definition) is 4. The van der Waals surface area contributed by atoms with Crippen molar-refractivity contribution in [2.24, 2.45) is 22.2 Å². The van der Waals surface area contributed by atoms with Crippen molar-refractivity contribution in [2.75, 3.05) is 12.0 Å². The molecule has 2 aromatic carbocycles. The molecular weight excluding hydrogens is 530 g/mol. The van der Waals surface area contributed by atoms with Crippen molar-refractivity contribution in [2.45, 2.75) is 120 Å². The maximum atomic E-state index is 12.1. The number of hydrogen-bond acceptors (Lipinski definition) is 5. The van der Waals surface area contributed by atoms with Gasteiger partial charge in [0.15, 0.2) is 5.78 Å². The average molecular weight is 594 g/mol. The molecule has 0 saturated carbocycles. The molecule has 0 aromatic heterocycles. The molecular formula is C37H63N5O. The van der Waals surface area contributed by atoms with E-state index in [2.05, 4.69) is 55.9 Å². The predicted octanol–water partition coefficient (Wildman–Crippen LogP) is 8.96. The number of nitrogens with two attached hydrogens (primary N) is 3. The van der Waals surface area contributed by atoms with Crippen LogP contribution in [0.4, 0.5) is 5.69 Å². The number of ketones is 1. The summed E-state index contributed by atoms with van der Waals surface area (Å²) in [5.74, 6) is 0.342. The molecule has 7 N–H and O–H groups in total. The van der Waals surface area contributed by atoms with Crippen LogP contribution in [0.3, 0.4) is 0 Å². The van der Waals surface area contributed by atoms with Gasteiger partial charge in [-0.3, -0.25) is 4.79 Å². The summed E-state index contributed by atoms with van der Waals surface area (Å²) in [6, 6.07) is 12.4. The van der Waals surface area contributed by atoms with E-state index in [0.717, 1.165) is 36.9 Å². The largest absolute Gasteiger partial charge is 0.402 e. The predicted molar refractivity (Wildman–Crippen MR) is 192 cm³/mol. The normalized spacial score (nSPS) is 13.1. The van der Waals surface area contributed by atoms with Crippen molar-refractivity contribution in [1.82, 2.24) is 0 Å². The molecule has 6 heteroatoms. The Morgan fingerprint density at radius 2 is 1.65 bits per heavy atom. The smallest absolute Gasteiger partial charge is 0.160 e. The van der Waals surface area contributed by atoms with E-state index in [1.807, 2.05) is 58.9 Å². The van der Waals surface area contributed by atoms with E-state index in [-0.39, 0.29) is 12.5 Å². The van der Waals surface area contributed by atoms with Crippen LogP contribution in [0.15, 0.2) is 65.8 Å². The Balaban J connectivity index is 0. The van der Waals surface area contributed by atoms with E-state index in [0.29, 0.717) is 17.1 Å². The minimum atomic E-state index is -0.608. The molecule has 0 amide bonds. The Bertz CT molecular complexity index is 1130. The van der Waals surface area contributed by atoms with Gasteiger partial charge >= 0.3 is 0 Å². The Labute approximate surface area is 264 Å². The van der Waals surface area contributed by atoms with Crippen molar-refractivity contribution in [3.63, 3.8) is 0 Å². The van der Waals surface area contributed by atoms with Crippen LogP contribution in [0.2, 0.25) is 0 Å². The SMILES string of the molecule is C=CCC.CC.CC.CCCCC(C)(N)c1c(NC/N=C(N)/C=C(/C)N)cccc1C(C)=O.Cc1ccc2c(c1)CCC2. The number of benzene rings is 2. The molecule has 2 aromatic rings. The van der Waals surface area contributed by atoms with Crippen molar-refractivity contribution < 1.29 is 4.79 Å². The zero-order valence-electron chi connectivity index (χ0n) is 29.1. The van der Waals surface area contributed by atoms with Crippen molar-refractivity contribution in [3.8, 4) is 0 Å². The molecule has 0 aliphatic heterocycles. The zero-order valence-corrected chi connectivity index (χ0v) is 29.1. The number of unbranched alkanes of at least 4 members (excludes halogenated alkanes) is 1. The van der Waals surface area contributed by atoms with Gasteiger partial charge in [0.25, 0.3) is 0 Å². The summed E-state index contributed by atoms with van der Waals surface area (Å²) in [6.45, 7) is 23.4. The first-order valence-corrected chi connectivity index (χ1v) is 16.1. The Kier molecular flexibility index (Phi) is 23.4. The van der Waals surface area contributed by atoms with E-state index in [9.17, 15) is 4.79 Å². The topological polar surface area (TPSA) is 120 Å². The van der Waals surface area contributed by atoms with E-state index in [4.69, 9.17) is 17.2 Å². The fraction of sp³-hybridized carbons (Fsp3) is 0.514. The molecule has 0 radical (unpaired) electrons. The number of allylic oxidation sites excluding steroid dienone is 2. The second-order valence-corrected chi connectivity index (χ2v) is 10.4. The number of Topliss-reactive ketones (excluding diaryl/α,β-unsaturated/α-hetero) is 1. The fourth-order valence-electron chi connectivity index (χ4n) is 4.47. The van der Waals surface area contributed by atoms with Crippen LogP contribution in [-0.4, -0.2) is 18.3 Å². The van der Waals surface area contributed by atoms with Gasteiger partial charge in [-0.05, 0) is 83.1 Å². The standard InChI is InChI=1S/C19H31N5O.C10H12.C4H8.2C2H6/c1-5-6-10-19(4,22)18-15(14(3)25)8-7-9-16(18)23-12-24-17(21)11-13(2)20;1-8-5-6-9-3-2-4-10(9)7-8;1-3-4-2;2*1-2/h7-9,11,23H,5-6,10,12,20,22H2,1-4H3,(H2,21,24);5-7H,2-4H2,1H3;3H,1,4H2,2H3;2*1-2H3/b13-11-;;;;. The van der Waals surface area contributed by atoms with Gasteiger partial charge in [0.2, 0.25) is 0 Å². The number of aliphatic imine (C=N–C) groups is 1. The summed E-state index contributed by atoms with van der Waals surface area (Å²) in [4.78, 5) is 16.3. The van der Waals surface area contributed by atoms with Gasteiger partial charge in [-0.15, -0.1) is 6.58 Å². The van der Waals surface area contributed by atoms with Crippen LogP contribution in [-0.2, 0) is 18.4 Å². The second-order valence-electron chi connectivity index (χ2n) is 10.4. The molecule has 1 aliphatic rings. The second kappa shape index (κ2) is 24.1. The van der Waals surface area contributed by atoms with E-state index in [1.54, 1.807) is 31.1 Å². The van der Waals surface area contributed by atoms with Gasteiger partial charge in [-0.2, -0.15) is 0 Å². The highest BCUT2D eigenvalue weighted by atomic mass is 16.1. The lowest BCUT2D eigenvalue weighted by Crippen LogP contribution is -2.35. The van der Waals surface area contributed by atoms with Crippen LogP contribution >= 0.6 is 0 Å². The van der Waals surface area contributed by atoms with Crippen molar-refractivity contribution in [1.29, 1.82) is 0 Å². The van der Waals surface area contributed by atoms with Gasteiger partial charge in [0.1, 0.15) is 12.5 Å². The van der Waals surface area contributed by atoms with Crippen LogP contribution < -0.4 is 22.5 Å². The first kappa shape index (κ1) is 41.8. The summed E-state index contributed by atoms with van der Waals surface area (Å²) in [7, 11) is 0. The molecule has 1 aliphatic carbocycles. The number of nitrogens with one attached hydrogen (secondary N) is 1. The lowest BCUT2D eigenvalue weighted by atomic mass is 9.82. The van der Waals surface area contributed by atoms with E-state index >= 15 is 0 Å². The maximum Gasteiger partial charge on any atom is 0.160 e.